The highest BCUT2D eigenvalue weighted by molar-refractivity contribution is 7.07. The number of hydrogen-bond acceptors (Lipinski definition) is 6. The van der Waals surface area contributed by atoms with Crippen LogP contribution in [0.5, 0.6) is 5.75 Å². The van der Waals surface area contributed by atoms with Crippen LogP contribution in [0.15, 0.2) is 69.6 Å². The first-order valence-corrected chi connectivity index (χ1v) is 12.7. The van der Waals surface area contributed by atoms with Crippen molar-refractivity contribution in [2.75, 3.05) is 13.2 Å². The molecule has 1 aliphatic rings. The van der Waals surface area contributed by atoms with Gasteiger partial charge in [0.15, 0.2) is 4.80 Å². The number of fused-ring (bicyclic) bond motifs is 2. The first-order chi connectivity index (χ1) is 17.4. The van der Waals surface area contributed by atoms with E-state index in [0.717, 1.165) is 33.5 Å². The van der Waals surface area contributed by atoms with Crippen LogP contribution in [0.1, 0.15) is 43.6 Å². The highest BCUT2D eigenvalue weighted by Crippen LogP contribution is 2.31. The minimum absolute atomic E-state index is 0.198. The number of hydrogen-bond donors (Lipinski definition) is 1. The average molecular weight is 502 g/mol. The normalized spacial score (nSPS) is 15.7. The van der Waals surface area contributed by atoms with E-state index in [1.165, 1.54) is 11.3 Å². The number of aromatic nitrogens is 2. The molecule has 0 aliphatic carbocycles. The summed E-state index contributed by atoms with van der Waals surface area (Å²) in [5, 5.41) is 1.05. The van der Waals surface area contributed by atoms with Gasteiger partial charge < -0.3 is 14.5 Å². The zero-order valence-electron chi connectivity index (χ0n) is 20.6. The standard InChI is InChI=1S/C28H27N3O4S/c1-5-34-19-13-11-18(12-14-19)25-24(27(33)35-6-2)17(4)30-28-31(25)26(32)23(36-28)15-21-16(3)29-22-10-8-7-9-20(21)22/h7-15,25,29H,5-6H2,1-4H3/b23-15-/t25-/m0/s1. The number of nitrogens with one attached hydrogen (secondary N) is 1. The fourth-order valence-electron chi connectivity index (χ4n) is 4.64. The molecule has 3 heterocycles. The summed E-state index contributed by atoms with van der Waals surface area (Å²) >= 11 is 1.32. The first-order valence-electron chi connectivity index (χ1n) is 11.9. The van der Waals surface area contributed by atoms with Gasteiger partial charge in [-0.15, -0.1) is 0 Å². The van der Waals surface area contributed by atoms with E-state index in [4.69, 9.17) is 9.47 Å². The number of carbonyl (C=O) groups is 1. The molecule has 0 fully saturated rings. The molecule has 0 bridgehead atoms. The van der Waals surface area contributed by atoms with Crippen LogP contribution < -0.4 is 19.6 Å². The van der Waals surface area contributed by atoms with Gasteiger partial charge in [0.05, 0.1) is 35.1 Å². The molecule has 0 saturated heterocycles. The Morgan fingerprint density at radius 1 is 1.11 bits per heavy atom. The zero-order valence-corrected chi connectivity index (χ0v) is 21.4. The minimum atomic E-state index is -0.651. The van der Waals surface area contributed by atoms with Crippen molar-refractivity contribution in [3.63, 3.8) is 0 Å². The van der Waals surface area contributed by atoms with Gasteiger partial charge in [0.25, 0.3) is 5.56 Å². The molecule has 1 N–H and O–H groups in total. The van der Waals surface area contributed by atoms with Gasteiger partial charge in [-0.05, 0) is 57.5 Å². The lowest BCUT2D eigenvalue weighted by molar-refractivity contribution is -0.139. The zero-order chi connectivity index (χ0) is 25.4. The number of aromatic amines is 1. The summed E-state index contributed by atoms with van der Waals surface area (Å²) < 4.78 is 13.1. The molecule has 8 heteroatoms. The Morgan fingerprint density at radius 3 is 2.58 bits per heavy atom. The van der Waals surface area contributed by atoms with Gasteiger partial charge >= 0.3 is 5.97 Å². The number of benzene rings is 2. The molecule has 36 heavy (non-hydrogen) atoms. The molecule has 1 atom stereocenters. The van der Waals surface area contributed by atoms with Gasteiger partial charge in [-0.1, -0.05) is 41.7 Å². The molecule has 2 aromatic heterocycles. The van der Waals surface area contributed by atoms with Crippen molar-refractivity contribution >= 4 is 34.3 Å². The molecule has 7 nitrogen and oxygen atoms in total. The maximum atomic E-state index is 13.8. The van der Waals surface area contributed by atoms with E-state index >= 15 is 0 Å². The number of ether oxygens (including phenoxy) is 2. The number of aryl methyl sites for hydroxylation is 1. The molecule has 0 spiro atoms. The van der Waals surface area contributed by atoms with E-state index in [2.05, 4.69) is 9.98 Å². The number of rotatable bonds is 6. The first kappa shape index (κ1) is 23.8. The Bertz CT molecular complexity index is 1670. The Hall–Kier alpha value is -3.91. The lowest BCUT2D eigenvalue weighted by Gasteiger charge is -2.24. The summed E-state index contributed by atoms with van der Waals surface area (Å²) in [7, 11) is 0. The third-order valence-electron chi connectivity index (χ3n) is 6.24. The number of carbonyl (C=O) groups excluding carboxylic acids is 1. The van der Waals surface area contributed by atoms with Crippen molar-refractivity contribution in [1.82, 2.24) is 9.55 Å². The summed E-state index contributed by atoms with van der Waals surface area (Å²) in [6, 6.07) is 14.8. The lowest BCUT2D eigenvalue weighted by atomic mass is 9.96. The monoisotopic (exact) mass is 501 g/mol. The van der Waals surface area contributed by atoms with Crippen LogP contribution in [-0.4, -0.2) is 28.7 Å². The summed E-state index contributed by atoms with van der Waals surface area (Å²) in [5.74, 6) is 0.251. The van der Waals surface area contributed by atoms with Crippen molar-refractivity contribution in [2.45, 2.75) is 33.7 Å². The van der Waals surface area contributed by atoms with Gasteiger partial charge in [-0.2, -0.15) is 0 Å². The quantitative estimate of drug-likeness (QED) is 0.405. The van der Waals surface area contributed by atoms with Gasteiger partial charge in [-0.25, -0.2) is 9.79 Å². The van der Waals surface area contributed by atoms with Crippen LogP contribution in [0.4, 0.5) is 0 Å². The molecule has 0 radical (unpaired) electrons. The van der Waals surface area contributed by atoms with E-state index in [1.807, 2.05) is 68.5 Å². The van der Waals surface area contributed by atoms with E-state index in [1.54, 1.807) is 18.4 Å². The Balaban J connectivity index is 1.72. The second-order valence-electron chi connectivity index (χ2n) is 8.51. The minimum Gasteiger partial charge on any atom is -0.494 e. The molecule has 2 aromatic carbocycles. The highest BCUT2D eigenvalue weighted by Gasteiger charge is 2.33. The number of esters is 1. The largest absolute Gasteiger partial charge is 0.494 e. The van der Waals surface area contributed by atoms with Gasteiger partial charge in [-0.3, -0.25) is 9.36 Å². The van der Waals surface area contributed by atoms with E-state index in [9.17, 15) is 9.59 Å². The fourth-order valence-corrected chi connectivity index (χ4v) is 5.66. The molecule has 184 valence electrons. The maximum absolute atomic E-state index is 13.8. The van der Waals surface area contributed by atoms with Gasteiger partial charge in [0, 0.05) is 22.2 Å². The second-order valence-corrected chi connectivity index (χ2v) is 9.52. The fraction of sp³-hybridized carbons (Fsp3) is 0.250. The van der Waals surface area contributed by atoms with Crippen molar-refractivity contribution in [3.8, 4) is 5.75 Å². The van der Waals surface area contributed by atoms with Crippen LogP contribution in [0.3, 0.4) is 0 Å². The number of allylic oxidation sites excluding steroid dienone is 1. The molecular formula is C28H27N3O4S. The van der Waals surface area contributed by atoms with Gasteiger partial charge in [0.2, 0.25) is 0 Å². The molecular weight excluding hydrogens is 474 g/mol. The van der Waals surface area contributed by atoms with Crippen molar-refractivity contribution in [1.29, 1.82) is 0 Å². The van der Waals surface area contributed by atoms with E-state index in [-0.39, 0.29) is 12.2 Å². The SMILES string of the molecule is CCOC(=O)C1=C(C)N=c2s/c(=C\c3c(C)[nH]c4ccccc34)c(=O)n2[C@H]1c1ccc(OCC)cc1. The van der Waals surface area contributed by atoms with Crippen LogP contribution in [0.2, 0.25) is 0 Å². The van der Waals surface area contributed by atoms with Crippen molar-refractivity contribution in [2.24, 2.45) is 4.99 Å². The summed E-state index contributed by atoms with van der Waals surface area (Å²) in [5.41, 5.74) is 4.46. The van der Waals surface area contributed by atoms with Crippen LogP contribution in [0.25, 0.3) is 17.0 Å². The number of H-pyrrole nitrogens is 1. The molecule has 1 aliphatic heterocycles. The third-order valence-corrected chi connectivity index (χ3v) is 7.23. The molecule has 5 rings (SSSR count). The Morgan fingerprint density at radius 2 is 1.86 bits per heavy atom. The average Bonchev–Trinajstić information content (AvgIpc) is 3.34. The number of thiazole rings is 1. The molecule has 0 saturated carbocycles. The molecule has 0 unspecified atom stereocenters. The third kappa shape index (κ3) is 4.07. The van der Waals surface area contributed by atoms with Crippen LogP contribution in [0, 0.1) is 6.92 Å². The summed E-state index contributed by atoms with van der Waals surface area (Å²) in [6.07, 6.45) is 1.91. The summed E-state index contributed by atoms with van der Waals surface area (Å²) in [6.45, 7) is 8.25. The van der Waals surface area contributed by atoms with Crippen molar-refractivity contribution in [3.05, 3.63) is 96.3 Å². The van der Waals surface area contributed by atoms with Gasteiger partial charge in [0.1, 0.15) is 5.75 Å². The number of para-hydroxylation sites is 1. The predicted molar refractivity (Wildman–Crippen MR) is 141 cm³/mol. The molecule has 0 amide bonds. The summed E-state index contributed by atoms with van der Waals surface area (Å²) in [4.78, 5) is 35.5. The second kappa shape index (κ2) is 9.62. The van der Waals surface area contributed by atoms with E-state index in [0.29, 0.717) is 27.2 Å². The van der Waals surface area contributed by atoms with Crippen LogP contribution in [-0.2, 0) is 9.53 Å². The number of nitrogens with zero attached hydrogens (tertiary/aromatic N) is 2. The maximum Gasteiger partial charge on any atom is 0.338 e. The topological polar surface area (TPSA) is 85.7 Å². The molecule has 4 aromatic rings. The Kier molecular flexibility index (Phi) is 6.36. The smallest absolute Gasteiger partial charge is 0.338 e. The van der Waals surface area contributed by atoms with Crippen LogP contribution >= 0.6 is 11.3 Å². The lowest BCUT2D eigenvalue weighted by Crippen LogP contribution is -2.39. The highest BCUT2D eigenvalue weighted by atomic mass is 32.1. The van der Waals surface area contributed by atoms with E-state index < -0.39 is 12.0 Å². The Labute approximate surface area is 212 Å². The van der Waals surface area contributed by atoms with Crippen molar-refractivity contribution < 1.29 is 14.3 Å². The predicted octanol–water partition coefficient (Wildman–Crippen LogP) is 3.99.